The Kier molecular flexibility index (Phi) is 6.62. The average molecular weight is 345 g/mol. The number of carbonyl (C=O) groups is 1. The van der Waals surface area contributed by atoms with Crippen molar-refractivity contribution in [1.29, 1.82) is 0 Å². The van der Waals surface area contributed by atoms with Crippen LogP contribution in [0.15, 0.2) is 22.7 Å². The Morgan fingerprint density at radius 1 is 1.40 bits per heavy atom. The third kappa shape index (κ3) is 5.21. The molecular weight excluding hydrogens is 323 g/mol. The first kappa shape index (κ1) is 17.1. The maximum Gasteiger partial charge on any atom is 0.239 e. The van der Waals surface area contributed by atoms with E-state index in [1.165, 1.54) is 6.07 Å². The van der Waals surface area contributed by atoms with Crippen LogP contribution in [0.4, 0.5) is 4.39 Å². The molecule has 1 unspecified atom stereocenters. The zero-order valence-electron chi connectivity index (χ0n) is 12.4. The van der Waals surface area contributed by atoms with Gasteiger partial charge in [0.15, 0.2) is 0 Å². The predicted octanol–water partition coefficient (Wildman–Crippen LogP) is 3.18. The number of halogens is 2. The van der Waals surface area contributed by atoms with Crippen LogP contribution < -0.4 is 5.32 Å². The molecule has 0 aromatic heterocycles. The Morgan fingerprint density at radius 2 is 2.05 bits per heavy atom. The van der Waals surface area contributed by atoms with E-state index in [1.54, 1.807) is 31.1 Å². The number of carbonyl (C=O) groups excluding carboxylic acids is 1. The van der Waals surface area contributed by atoms with Crippen molar-refractivity contribution in [3.63, 3.8) is 0 Å². The van der Waals surface area contributed by atoms with Gasteiger partial charge in [-0.15, -0.1) is 0 Å². The van der Waals surface area contributed by atoms with Crippen LogP contribution in [0, 0.1) is 11.7 Å². The molecule has 112 valence electrons. The molecule has 5 heteroatoms. The Morgan fingerprint density at radius 3 is 2.55 bits per heavy atom. The second kappa shape index (κ2) is 7.74. The van der Waals surface area contributed by atoms with E-state index in [0.29, 0.717) is 16.9 Å². The lowest BCUT2D eigenvalue weighted by Crippen LogP contribution is -2.44. The summed E-state index contributed by atoms with van der Waals surface area (Å²) in [6.45, 7) is 4.72. The zero-order valence-corrected chi connectivity index (χ0v) is 14.0. The molecule has 20 heavy (non-hydrogen) atoms. The van der Waals surface area contributed by atoms with Crippen LogP contribution in [0.3, 0.4) is 0 Å². The molecule has 1 aromatic rings. The van der Waals surface area contributed by atoms with Crippen LogP contribution in [-0.2, 0) is 11.3 Å². The molecule has 1 atom stereocenters. The van der Waals surface area contributed by atoms with E-state index in [4.69, 9.17) is 0 Å². The van der Waals surface area contributed by atoms with E-state index in [1.807, 2.05) is 0 Å². The van der Waals surface area contributed by atoms with E-state index < -0.39 is 0 Å². The Hall–Kier alpha value is -0.940. The fourth-order valence-corrected chi connectivity index (χ4v) is 2.37. The van der Waals surface area contributed by atoms with E-state index in [0.717, 1.165) is 12.0 Å². The first-order valence-electron chi connectivity index (χ1n) is 6.69. The quantitative estimate of drug-likeness (QED) is 0.859. The van der Waals surface area contributed by atoms with Gasteiger partial charge in [-0.05, 0) is 46.0 Å². The van der Waals surface area contributed by atoms with Crippen molar-refractivity contribution >= 4 is 21.8 Å². The molecule has 0 radical (unpaired) electrons. The van der Waals surface area contributed by atoms with Crippen molar-refractivity contribution in [2.24, 2.45) is 5.92 Å². The summed E-state index contributed by atoms with van der Waals surface area (Å²) in [7, 11) is 3.51. The van der Waals surface area contributed by atoms with E-state index in [9.17, 15) is 9.18 Å². The monoisotopic (exact) mass is 344 g/mol. The topological polar surface area (TPSA) is 32.3 Å². The smallest absolute Gasteiger partial charge is 0.239 e. The summed E-state index contributed by atoms with van der Waals surface area (Å²) in [6.07, 6.45) is 0.777. The first-order chi connectivity index (χ1) is 9.31. The van der Waals surface area contributed by atoms with E-state index >= 15 is 0 Å². The number of rotatable bonds is 6. The van der Waals surface area contributed by atoms with Crippen molar-refractivity contribution in [2.45, 2.75) is 32.9 Å². The van der Waals surface area contributed by atoms with Crippen LogP contribution in [0.1, 0.15) is 25.8 Å². The van der Waals surface area contributed by atoms with Gasteiger partial charge in [-0.1, -0.05) is 19.9 Å². The zero-order chi connectivity index (χ0) is 15.3. The predicted molar refractivity (Wildman–Crippen MR) is 82.9 cm³/mol. The van der Waals surface area contributed by atoms with Gasteiger partial charge in [0.25, 0.3) is 0 Å². The van der Waals surface area contributed by atoms with Crippen molar-refractivity contribution < 1.29 is 9.18 Å². The lowest BCUT2D eigenvalue weighted by atomic mass is 10.0. The average Bonchev–Trinajstić information content (AvgIpc) is 2.37. The van der Waals surface area contributed by atoms with Crippen molar-refractivity contribution in [3.8, 4) is 0 Å². The number of nitrogens with one attached hydrogen (secondary N) is 1. The number of nitrogens with zero attached hydrogens (tertiary/aromatic N) is 1. The Labute approximate surface area is 128 Å². The molecule has 1 N–H and O–H groups in total. The van der Waals surface area contributed by atoms with Gasteiger partial charge in [0.1, 0.15) is 5.82 Å². The number of hydrogen-bond donors (Lipinski definition) is 1. The highest BCUT2D eigenvalue weighted by molar-refractivity contribution is 9.10. The van der Waals surface area contributed by atoms with Crippen LogP contribution >= 0.6 is 15.9 Å². The third-order valence-corrected chi connectivity index (χ3v) is 3.59. The number of likely N-dealkylation sites (N-methyl/N-ethyl adjacent to an activating group) is 1. The molecule has 0 saturated carbocycles. The fraction of sp³-hybridized carbons (Fsp3) is 0.533. The molecule has 0 saturated heterocycles. The Balaban J connectivity index is 2.70. The highest BCUT2D eigenvalue weighted by atomic mass is 79.9. The highest BCUT2D eigenvalue weighted by Crippen LogP contribution is 2.17. The molecular formula is C15H22BrFN2O. The standard InChI is InChI=1S/C15H22BrFN2O/c1-10(2)7-14(15(20)19(3)4)18-9-11-5-6-13(17)12(16)8-11/h5-6,8,10,14,18H,7,9H2,1-4H3. The lowest BCUT2D eigenvalue weighted by Gasteiger charge is -2.23. The van der Waals surface area contributed by atoms with Crippen molar-refractivity contribution in [3.05, 3.63) is 34.1 Å². The number of amides is 1. The summed E-state index contributed by atoms with van der Waals surface area (Å²) in [6, 6.07) is 4.66. The van der Waals surface area contributed by atoms with Gasteiger partial charge in [-0.3, -0.25) is 4.79 Å². The second-order valence-electron chi connectivity index (χ2n) is 5.54. The summed E-state index contributed by atoms with van der Waals surface area (Å²) in [5, 5.41) is 3.26. The van der Waals surface area contributed by atoms with Crippen LogP contribution in [0.5, 0.6) is 0 Å². The summed E-state index contributed by atoms with van der Waals surface area (Å²) in [5.74, 6) is 0.216. The molecule has 0 spiro atoms. The molecule has 0 aliphatic heterocycles. The molecule has 0 bridgehead atoms. The fourth-order valence-electron chi connectivity index (χ4n) is 1.95. The minimum Gasteiger partial charge on any atom is -0.347 e. The molecule has 0 fully saturated rings. The normalized spacial score (nSPS) is 12.6. The molecule has 1 amide bonds. The van der Waals surface area contributed by atoms with E-state index in [-0.39, 0.29) is 17.8 Å². The van der Waals surface area contributed by atoms with Gasteiger partial charge in [0, 0.05) is 20.6 Å². The third-order valence-electron chi connectivity index (χ3n) is 2.98. The SMILES string of the molecule is CC(C)CC(NCc1ccc(F)c(Br)c1)C(=O)N(C)C. The van der Waals surface area contributed by atoms with Crippen LogP contribution in [0.25, 0.3) is 0 Å². The summed E-state index contributed by atoms with van der Waals surface area (Å²) in [5.41, 5.74) is 0.943. The summed E-state index contributed by atoms with van der Waals surface area (Å²) >= 11 is 3.17. The van der Waals surface area contributed by atoms with Crippen molar-refractivity contribution in [2.75, 3.05) is 14.1 Å². The summed E-state index contributed by atoms with van der Waals surface area (Å²) in [4.78, 5) is 13.7. The Bertz CT molecular complexity index is 463. The van der Waals surface area contributed by atoms with Gasteiger partial charge in [0.2, 0.25) is 5.91 Å². The van der Waals surface area contributed by atoms with E-state index in [2.05, 4.69) is 35.1 Å². The van der Waals surface area contributed by atoms with Crippen molar-refractivity contribution in [1.82, 2.24) is 10.2 Å². The van der Waals surface area contributed by atoms with Gasteiger partial charge in [0.05, 0.1) is 10.5 Å². The molecule has 0 aliphatic carbocycles. The van der Waals surface area contributed by atoms with Gasteiger partial charge in [-0.25, -0.2) is 4.39 Å². The molecule has 3 nitrogen and oxygen atoms in total. The van der Waals surface area contributed by atoms with Crippen LogP contribution in [-0.4, -0.2) is 30.9 Å². The minimum absolute atomic E-state index is 0.0693. The van der Waals surface area contributed by atoms with Gasteiger partial charge < -0.3 is 10.2 Å². The number of hydrogen-bond acceptors (Lipinski definition) is 2. The first-order valence-corrected chi connectivity index (χ1v) is 7.49. The molecule has 1 aromatic carbocycles. The maximum absolute atomic E-state index is 13.2. The molecule has 0 heterocycles. The second-order valence-corrected chi connectivity index (χ2v) is 6.40. The molecule has 1 rings (SSSR count). The summed E-state index contributed by atoms with van der Waals surface area (Å²) < 4.78 is 13.6. The maximum atomic E-state index is 13.2. The lowest BCUT2D eigenvalue weighted by molar-refractivity contribution is -0.131. The van der Waals surface area contributed by atoms with Gasteiger partial charge in [-0.2, -0.15) is 0 Å². The highest BCUT2D eigenvalue weighted by Gasteiger charge is 2.20. The van der Waals surface area contributed by atoms with Gasteiger partial charge >= 0.3 is 0 Å². The van der Waals surface area contributed by atoms with Crippen LogP contribution in [0.2, 0.25) is 0 Å². The minimum atomic E-state index is -0.281. The number of benzene rings is 1. The molecule has 0 aliphatic rings. The largest absolute Gasteiger partial charge is 0.347 e.